The summed E-state index contributed by atoms with van der Waals surface area (Å²) in [5.41, 5.74) is 1.15. The molecule has 4 rings (SSSR count). The third-order valence-electron chi connectivity index (χ3n) is 3.98. The molecule has 0 saturated carbocycles. The van der Waals surface area contributed by atoms with E-state index >= 15 is 0 Å². The number of aryl methyl sites for hydroxylation is 1. The van der Waals surface area contributed by atoms with Gasteiger partial charge in [-0.3, -0.25) is 14.2 Å². The molecule has 1 unspecified atom stereocenters. The Labute approximate surface area is 142 Å². The number of amides is 1. The maximum Gasteiger partial charge on any atom is 0.257 e. The van der Waals surface area contributed by atoms with Crippen LogP contribution < -0.4 is 20.3 Å². The van der Waals surface area contributed by atoms with Crippen LogP contribution in [0.25, 0.3) is 0 Å². The Hall–Kier alpha value is -2.48. The van der Waals surface area contributed by atoms with Crippen molar-refractivity contribution in [3.8, 4) is 11.5 Å². The number of carbonyl (C=O) groups excluding carboxylic acids is 1. The van der Waals surface area contributed by atoms with Crippen LogP contribution in [0.5, 0.6) is 11.5 Å². The van der Waals surface area contributed by atoms with Crippen molar-refractivity contribution in [2.75, 3.05) is 17.9 Å². The molecule has 0 radical (unpaired) electrons. The molecule has 0 fully saturated rings. The second-order valence-electron chi connectivity index (χ2n) is 5.68. The van der Waals surface area contributed by atoms with E-state index in [4.69, 9.17) is 9.47 Å². The monoisotopic (exact) mass is 345 g/mol. The van der Waals surface area contributed by atoms with Crippen LogP contribution in [-0.2, 0) is 4.79 Å². The summed E-state index contributed by atoms with van der Waals surface area (Å²) in [6, 6.07) is 5.07. The minimum Gasteiger partial charge on any atom is -0.454 e. The Morgan fingerprint density at radius 2 is 2.25 bits per heavy atom. The molecule has 24 heavy (non-hydrogen) atoms. The van der Waals surface area contributed by atoms with Crippen molar-refractivity contribution in [2.24, 2.45) is 0 Å². The van der Waals surface area contributed by atoms with Crippen molar-refractivity contribution in [2.45, 2.75) is 24.5 Å². The first-order valence-electron chi connectivity index (χ1n) is 7.52. The zero-order valence-electron chi connectivity index (χ0n) is 12.9. The van der Waals surface area contributed by atoms with E-state index in [1.165, 1.54) is 11.8 Å². The summed E-state index contributed by atoms with van der Waals surface area (Å²) in [5.74, 6) is 1.80. The first-order valence-corrected chi connectivity index (χ1v) is 8.51. The molecule has 2 aromatic rings. The third kappa shape index (κ3) is 2.62. The van der Waals surface area contributed by atoms with Crippen LogP contribution in [0, 0.1) is 6.92 Å². The van der Waals surface area contributed by atoms with E-state index in [0.717, 1.165) is 0 Å². The summed E-state index contributed by atoms with van der Waals surface area (Å²) in [5, 5.41) is 3.52. The highest BCUT2D eigenvalue weighted by Gasteiger charge is 2.27. The molecule has 1 atom stereocenters. The highest BCUT2D eigenvalue weighted by molar-refractivity contribution is 7.99. The summed E-state index contributed by atoms with van der Waals surface area (Å²) in [4.78, 5) is 28.9. The van der Waals surface area contributed by atoms with E-state index in [0.29, 0.717) is 33.7 Å². The van der Waals surface area contributed by atoms with Crippen LogP contribution in [0.3, 0.4) is 0 Å². The fraction of sp³-hybridized carbons (Fsp3) is 0.312. The zero-order chi connectivity index (χ0) is 16.7. The van der Waals surface area contributed by atoms with Gasteiger partial charge in [0, 0.05) is 35.7 Å². The normalized spacial score (nSPS) is 17.6. The van der Waals surface area contributed by atoms with Crippen LogP contribution in [0.15, 0.2) is 34.3 Å². The Morgan fingerprint density at radius 3 is 3.12 bits per heavy atom. The number of aromatic nitrogens is 2. The van der Waals surface area contributed by atoms with Gasteiger partial charge in [0.25, 0.3) is 5.56 Å². The van der Waals surface area contributed by atoms with E-state index in [-0.39, 0.29) is 30.7 Å². The van der Waals surface area contributed by atoms with Gasteiger partial charge in [-0.05, 0) is 19.1 Å². The maximum atomic E-state index is 12.3. The Bertz CT molecular complexity index is 880. The maximum absolute atomic E-state index is 12.3. The summed E-state index contributed by atoms with van der Waals surface area (Å²) in [7, 11) is 0. The van der Waals surface area contributed by atoms with Crippen molar-refractivity contribution in [3.05, 3.63) is 40.3 Å². The molecule has 1 aromatic heterocycles. The second-order valence-corrected chi connectivity index (χ2v) is 6.67. The molecule has 0 saturated heterocycles. The molecule has 0 bridgehead atoms. The largest absolute Gasteiger partial charge is 0.454 e. The number of benzene rings is 1. The van der Waals surface area contributed by atoms with Gasteiger partial charge in [0.05, 0.1) is 6.04 Å². The minimum atomic E-state index is -0.182. The number of hydrogen-bond acceptors (Lipinski definition) is 6. The van der Waals surface area contributed by atoms with Crippen LogP contribution in [-0.4, -0.2) is 28.0 Å². The molecule has 1 aromatic carbocycles. The molecule has 8 heteroatoms. The number of fused-ring (bicyclic) bond motifs is 2. The van der Waals surface area contributed by atoms with Crippen molar-refractivity contribution in [1.82, 2.24) is 9.55 Å². The first-order chi connectivity index (χ1) is 11.6. The fourth-order valence-corrected chi connectivity index (χ4v) is 3.88. The van der Waals surface area contributed by atoms with Crippen molar-refractivity contribution in [3.63, 3.8) is 0 Å². The number of carbonyl (C=O) groups is 1. The fourth-order valence-electron chi connectivity index (χ4n) is 2.77. The van der Waals surface area contributed by atoms with Crippen LogP contribution >= 0.6 is 11.8 Å². The van der Waals surface area contributed by atoms with Gasteiger partial charge < -0.3 is 14.8 Å². The smallest absolute Gasteiger partial charge is 0.257 e. The predicted octanol–water partition coefficient (Wildman–Crippen LogP) is 1.96. The van der Waals surface area contributed by atoms with Gasteiger partial charge in [0.1, 0.15) is 0 Å². The average Bonchev–Trinajstić information content (AvgIpc) is 3.17. The summed E-state index contributed by atoms with van der Waals surface area (Å²) in [6.07, 6.45) is 1.80. The number of nitrogens with one attached hydrogen (secondary N) is 1. The third-order valence-corrected chi connectivity index (χ3v) is 5.09. The number of nitrogens with zero attached hydrogens (tertiary/aromatic N) is 2. The van der Waals surface area contributed by atoms with E-state index in [2.05, 4.69) is 10.3 Å². The van der Waals surface area contributed by atoms with Gasteiger partial charge in [-0.15, -0.1) is 0 Å². The molecule has 0 aliphatic carbocycles. The number of anilines is 1. The van der Waals surface area contributed by atoms with Crippen LogP contribution in [0.2, 0.25) is 0 Å². The highest BCUT2D eigenvalue weighted by atomic mass is 32.2. The summed E-state index contributed by atoms with van der Waals surface area (Å²) in [6.45, 7) is 1.92. The topological polar surface area (TPSA) is 82.5 Å². The Balaban J connectivity index is 1.49. The lowest BCUT2D eigenvalue weighted by Crippen LogP contribution is -2.28. The van der Waals surface area contributed by atoms with Crippen molar-refractivity contribution < 1.29 is 14.3 Å². The lowest BCUT2D eigenvalue weighted by Gasteiger charge is -2.13. The number of rotatable bonds is 3. The molecule has 7 nitrogen and oxygen atoms in total. The molecular formula is C16H15N3O4S. The number of ether oxygens (including phenoxy) is 2. The van der Waals surface area contributed by atoms with Crippen molar-refractivity contribution >= 4 is 23.4 Å². The minimum absolute atomic E-state index is 0.0779. The summed E-state index contributed by atoms with van der Waals surface area (Å²) >= 11 is 1.50. The van der Waals surface area contributed by atoms with Crippen LogP contribution in [0.1, 0.15) is 18.0 Å². The van der Waals surface area contributed by atoms with Gasteiger partial charge in [-0.2, -0.15) is 0 Å². The predicted molar refractivity (Wildman–Crippen MR) is 88.8 cm³/mol. The molecule has 124 valence electrons. The lowest BCUT2D eigenvalue weighted by molar-refractivity contribution is -0.116. The van der Waals surface area contributed by atoms with Gasteiger partial charge in [0.15, 0.2) is 16.7 Å². The Morgan fingerprint density at radius 1 is 1.42 bits per heavy atom. The zero-order valence-corrected chi connectivity index (χ0v) is 13.8. The molecule has 2 aliphatic rings. The molecule has 0 spiro atoms. The standard InChI is InChI=1S/C16H15N3O4S/c1-9-6-17-16-19(15(9)21)11(7-24-16)5-14(20)18-10-2-3-12-13(4-10)23-8-22-12/h2-4,6,11H,5,7-8H2,1H3,(H,18,20). The molecule has 3 heterocycles. The molecular weight excluding hydrogens is 330 g/mol. The highest BCUT2D eigenvalue weighted by Crippen LogP contribution is 2.35. The van der Waals surface area contributed by atoms with Gasteiger partial charge in [0.2, 0.25) is 12.7 Å². The van der Waals surface area contributed by atoms with E-state index in [1.807, 2.05) is 0 Å². The SMILES string of the molecule is Cc1cnc2n(c1=O)C(CC(=O)Nc1ccc3c(c1)OCO3)CS2. The average molecular weight is 345 g/mol. The van der Waals surface area contributed by atoms with Crippen LogP contribution in [0.4, 0.5) is 5.69 Å². The number of thioether (sulfide) groups is 1. The van der Waals surface area contributed by atoms with E-state index < -0.39 is 0 Å². The van der Waals surface area contributed by atoms with Gasteiger partial charge >= 0.3 is 0 Å². The van der Waals surface area contributed by atoms with Crippen molar-refractivity contribution in [1.29, 1.82) is 0 Å². The molecule has 1 amide bonds. The Kier molecular flexibility index (Phi) is 3.68. The molecule has 2 aliphatic heterocycles. The van der Waals surface area contributed by atoms with E-state index in [9.17, 15) is 9.59 Å². The quantitative estimate of drug-likeness (QED) is 0.856. The van der Waals surface area contributed by atoms with Gasteiger partial charge in [-0.1, -0.05) is 11.8 Å². The summed E-state index contributed by atoms with van der Waals surface area (Å²) < 4.78 is 12.2. The molecule has 1 N–H and O–H groups in total. The second kappa shape index (κ2) is 5.86. The van der Waals surface area contributed by atoms with Gasteiger partial charge in [-0.25, -0.2) is 4.98 Å². The van der Waals surface area contributed by atoms with E-state index in [1.54, 1.807) is 35.9 Å². The number of hydrogen-bond donors (Lipinski definition) is 1. The first kappa shape index (κ1) is 15.1. The lowest BCUT2D eigenvalue weighted by atomic mass is 10.2.